The third kappa shape index (κ3) is 6.82. The molecule has 0 aliphatic rings. The minimum Gasteiger partial charge on any atom is -0.346 e. The van der Waals surface area contributed by atoms with Crippen molar-refractivity contribution in [2.75, 3.05) is 0 Å². The molecule has 7 heteroatoms. The summed E-state index contributed by atoms with van der Waals surface area (Å²) in [6, 6.07) is 24.4. The molecular formula is C29H31FN4OS. The first-order valence-corrected chi connectivity index (χ1v) is 13.2. The van der Waals surface area contributed by atoms with Gasteiger partial charge in [-0.3, -0.25) is 9.36 Å². The van der Waals surface area contributed by atoms with Crippen LogP contribution in [0.5, 0.6) is 0 Å². The molecule has 1 unspecified atom stereocenters. The van der Waals surface area contributed by atoms with Crippen molar-refractivity contribution < 1.29 is 9.18 Å². The van der Waals surface area contributed by atoms with Gasteiger partial charge in [0.25, 0.3) is 0 Å². The first-order valence-electron chi connectivity index (χ1n) is 12.3. The van der Waals surface area contributed by atoms with Crippen LogP contribution < -0.4 is 5.32 Å². The predicted octanol–water partition coefficient (Wildman–Crippen LogP) is 6.60. The second kappa shape index (κ2) is 12.5. The van der Waals surface area contributed by atoms with E-state index in [4.69, 9.17) is 0 Å². The van der Waals surface area contributed by atoms with Crippen molar-refractivity contribution in [2.45, 2.75) is 56.5 Å². The number of thioether (sulfide) groups is 1. The molecule has 1 aromatic heterocycles. The molecule has 0 saturated heterocycles. The highest BCUT2D eigenvalue weighted by Gasteiger charge is 2.25. The van der Waals surface area contributed by atoms with Gasteiger partial charge in [0.05, 0.1) is 6.04 Å². The summed E-state index contributed by atoms with van der Waals surface area (Å²) in [6.07, 6.45) is 2.88. The predicted molar refractivity (Wildman–Crippen MR) is 143 cm³/mol. The molecule has 5 nitrogen and oxygen atoms in total. The van der Waals surface area contributed by atoms with Crippen molar-refractivity contribution in [3.05, 3.63) is 107 Å². The van der Waals surface area contributed by atoms with Crippen molar-refractivity contribution >= 4 is 17.7 Å². The average molecular weight is 503 g/mol. The number of carbonyl (C=O) groups excluding carboxylic acids is 1. The maximum absolute atomic E-state index is 13.4. The summed E-state index contributed by atoms with van der Waals surface area (Å²) in [6.45, 7) is 4.13. The zero-order chi connectivity index (χ0) is 25.3. The second-order valence-corrected chi connectivity index (χ2v) is 9.78. The van der Waals surface area contributed by atoms with E-state index in [1.165, 1.54) is 23.9 Å². The Bertz CT molecular complexity index is 1260. The Morgan fingerprint density at radius 1 is 0.972 bits per heavy atom. The zero-order valence-electron chi connectivity index (χ0n) is 20.7. The standard InChI is InChI=1S/C29H31FN4OS/c1-3-4-10-27(35)31-26(19-22-8-6-5-7-9-22)28-32-33-29(34(28)25-17-11-21(2)12-18-25)36-20-23-13-15-24(30)16-14-23/h5-9,11-18,26H,3-4,10,19-20H2,1-2H3,(H,31,35). The molecule has 0 saturated carbocycles. The van der Waals surface area contributed by atoms with E-state index in [1.54, 1.807) is 12.1 Å². The lowest BCUT2D eigenvalue weighted by Crippen LogP contribution is -2.31. The number of hydrogen-bond donors (Lipinski definition) is 1. The number of nitrogens with zero attached hydrogens (tertiary/aromatic N) is 3. The lowest BCUT2D eigenvalue weighted by atomic mass is 10.0. The number of unbranched alkanes of at least 4 members (excludes halogenated alkanes) is 1. The van der Waals surface area contributed by atoms with Gasteiger partial charge in [0.15, 0.2) is 11.0 Å². The fourth-order valence-electron chi connectivity index (χ4n) is 3.93. The highest BCUT2D eigenvalue weighted by Crippen LogP contribution is 2.29. The third-order valence-electron chi connectivity index (χ3n) is 5.92. The van der Waals surface area contributed by atoms with E-state index in [1.807, 2.05) is 41.8 Å². The summed E-state index contributed by atoms with van der Waals surface area (Å²) in [5.41, 5.74) is 4.19. The molecule has 1 heterocycles. The average Bonchev–Trinajstić information content (AvgIpc) is 3.32. The van der Waals surface area contributed by atoms with Crippen LogP contribution in [0.15, 0.2) is 84.0 Å². The Labute approximate surface area is 216 Å². The van der Waals surface area contributed by atoms with Crippen LogP contribution in [-0.2, 0) is 17.0 Å². The lowest BCUT2D eigenvalue weighted by molar-refractivity contribution is -0.122. The SMILES string of the molecule is CCCCC(=O)NC(Cc1ccccc1)c1nnc(SCc2ccc(F)cc2)n1-c1ccc(C)cc1. The number of hydrogen-bond acceptors (Lipinski definition) is 4. The minimum absolute atomic E-state index is 0.0109. The van der Waals surface area contributed by atoms with Gasteiger partial charge in [0.1, 0.15) is 5.82 Å². The van der Waals surface area contributed by atoms with Gasteiger partial charge < -0.3 is 5.32 Å². The van der Waals surface area contributed by atoms with Gasteiger partial charge in [-0.05, 0) is 55.2 Å². The van der Waals surface area contributed by atoms with E-state index in [0.717, 1.165) is 40.4 Å². The summed E-state index contributed by atoms with van der Waals surface area (Å²) >= 11 is 1.54. The maximum atomic E-state index is 13.4. The molecule has 0 bridgehead atoms. The monoisotopic (exact) mass is 502 g/mol. The summed E-state index contributed by atoms with van der Waals surface area (Å²) in [7, 11) is 0. The van der Waals surface area contributed by atoms with E-state index in [-0.39, 0.29) is 17.8 Å². The molecular weight excluding hydrogens is 471 g/mol. The number of rotatable bonds is 11. The lowest BCUT2D eigenvalue weighted by Gasteiger charge is -2.20. The van der Waals surface area contributed by atoms with Crippen LogP contribution in [0.1, 0.15) is 54.7 Å². The van der Waals surface area contributed by atoms with Crippen LogP contribution in [0, 0.1) is 12.7 Å². The molecule has 0 radical (unpaired) electrons. The molecule has 186 valence electrons. The van der Waals surface area contributed by atoms with Crippen molar-refractivity contribution in [1.82, 2.24) is 20.1 Å². The highest BCUT2D eigenvalue weighted by molar-refractivity contribution is 7.98. The van der Waals surface area contributed by atoms with Crippen LogP contribution in [0.4, 0.5) is 4.39 Å². The normalized spacial score (nSPS) is 11.9. The fraction of sp³-hybridized carbons (Fsp3) is 0.276. The van der Waals surface area contributed by atoms with Crippen molar-refractivity contribution in [3.8, 4) is 5.69 Å². The zero-order valence-corrected chi connectivity index (χ0v) is 21.5. The van der Waals surface area contributed by atoms with E-state index in [9.17, 15) is 9.18 Å². The Morgan fingerprint density at radius 2 is 1.69 bits per heavy atom. The molecule has 0 fully saturated rings. The molecule has 36 heavy (non-hydrogen) atoms. The highest BCUT2D eigenvalue weighted by atomic mass is 32.2. The van der Waals surface area contributed by atoms with Crippen LogP contribution in [-0.4, -0.2) is 20.7 Å². The van der Waals surface area contributed by atoms with Crippen molar-refractivity contribution in [3.63, 3.8) is 0 Å². The van der Waals surface area contributed by atoms with Gasteiger partial charge in [-0.25, -0.2) is 4.39 Å². The summed E-state index contributed by atoms with van der Waals surface area (Å²) < 4.78 is 15.4. The molecule has 0 aliphatic heterocycles. The Hall–Kier alpha value is -3.45. The maximum Gasteiger partial charge on any atom is 0.220 e. The molecule has 3 aromatic carbocycles. The number of aryl methyl sites for hydroxylation is 1. The topological polar surface area (TPSA) is 59.8 Å². The number of aromatic nitrogens is 3. The molecule has 1 N–H and O–H groups in total. The summed E-state index contributed by atoms with van der Waals surface area (Å²) in [4.78, 5) is 12.8. The number of halogens is 1. The number of nitrogens with one attached hydrogen (secondary N) is 1. The quantitative estimate of drug-likeness (QED) is 0.235. The summed E-state index contributed by atoms with van der Waals surface area (Å²) in [5, 5.41) is 13.1. The Morgan fingerprint density at radius 3 is 2.39 bits per heavy atom. The fourth-order valence-corrected chi connectivity index (χ4v) is 4.84. The van der Waals surface area contributed by atoms with E-state index in [2.05, 4.69) is 46.7 Å². The van der Waals surface area contributed by atoms with Crippen LogP contribution in [0.3, 0.4) is 0 Å². The van der Waals surface area contributed by atoms with Crippen LogP contribution in [0.2, 0.25) is 0 Å². The summed E-state index contributed by atoms with van der Waals surface area (Å²) in [5.74, 6) is 1.07. The van der Waals surface area contributed by atoms with Gasteiger partial charge in [0, 0.05) is 17.9 Å². The van der Waals surface area contributed by atoms with Crippen molar-refractivity contribution in [2.24, 2.45) is 0 Å². The molecule has 4 aromatic rings. The van der Waals surface area contributed by atoms with Crippen LogP contribution in [0.25, 0.3) is 5.69 Å². The largest absolute Gasteiger partial charge is 0.346 e. The number of benzene rings is 3. The third-order valence-corrected chi connectivity index (χ3v) is 6.92. The van der Waals surface area contributed by atoms with Gasteiger partial charge in [0.2, 0.25) is 5.91 Å². The number of carbonyl (C=O) groups is 1. The molecule has 4 rings (SSSR count). The van der Waals surface area contributed by atoms with Gasteiger partial charge >= 0.3 is 0 Å². The van der Waals surface area contributed by atoms with E-state index < -0.39 is 0 Å². The second-order valence-electron chi connectivity index (χ2n) is 8.84. The molecule has 0 aliphatic carbocycles. The number of amides is 1. The molecule has 0 spiro atoms. The van der Waals surface area contributed by atoms with E-state index >= 15 is 0 Å². The smallest absolute Gasteiger partial charge is 0.220 e. The molecule has 1 atom stereocenters. The first kappa shape index (κ1) is 25.6. The van der Waals surface area contributed by atoms with Gasteiger partial charge in [-0.15, -0.1) is 10.2 Å². The Balaban J connectivity index is 1.70. The minimum atomic E-state index is -0.342. The van der Waals surface area contributed by atoms with Crippen molar-refractivity contribution in [1.29, 1.82) is 0 Å². The molecule has 1 amide bonds. The van der Waals surface area contributed by atoms with Gasteiger partial charge in [-0.2, -0.15) is 0 Å². The van der Waals surface area contributed by atoms with Crippen LogP contribution >= 0.6 is 11.8 Å². The first-order chi connectivity index (χ1) is 17.5. The van der Waals surface area contributed by atoms with E-state index in [0.29, 0.717) is 24.4 Å². The Kier molecular flexibility index (Phi) is 8.90. The van der Waals surface area contributed by atoms with Gasteiger partial charge in [-0.1, -0.05) is 85.3 Å².